The predicted molar refractivity (Wildman–Crippen MR) is 120 cm³/mol. The first kappa shape index (κ1) is 22.8. The van der Waals surface area contributed by atoms with Crippen LogP contribution in [-0.2, 0) is 16.1 Å². The lowest BCUT2D eigenvalue weighted by atomic mass is 9.93. The van der Waals surface area contributed by atoms with Crippen LogP contribution >= 0.6 is 0 Å². The Morgan fingerprint density at radius 1 is 1.13 bits per heavy atom. The molecule has 2 aromatic rings. The number of benzene rings is 2. The van der Waals surface area contributed by atoms with Crippen LogP contribution in [0.25, 0.3) is 0 Å². The van der Waals surface area contributed by atoms with Crippen molar-refractivity contribution in [3.63, 3.8) is 0 Å². The van der Waals surface area contributed by atoms with Gasteiger partial charge in [0.05, 0.1) is 11.6 Å². The standard InChI is InChI=1S/C25H32N2O4/c1-17-11-12-20(15-21(17)23(28)30-16-19-9-7-6-8-10-19)22-18(2)26-13-14-27(22)24(29)31-25(3,4)5/h6-12,15,18,22,26H,13-14,16H2,1-5H3. The molecule has 2 atom stereocenters. The van der Waals surface area contributed by atoms with Gasteiger partial charge in [-0.15, -0.1) is 0 Å². The molecule has 0 bridgehead atoms. The minimum Gasteiger partial charge on any atom is -0.457 e. The molecule has 0 saturated carbocycles. The number of hydrogen-bond donors (Lipinski definition) is 1. The van der Waals surface area contributed by atoms with Crippen molar-refractivity contribution >= 4 is 12.1 Å². The average Bonchev–Trinajstić information content (AvgIpc) is 2.72. The van der Waals surface area contributed by atoms with Gasteiger partial charge in [-0.1, -0.05) is 42.5 Å². The second-order valence-corrected chi connectivity index (χ2v) is 9.00. The van der Waals surface area contributed by atoms with Crippen LogP contribution in [0, 0.1) is 6.92 Å². The van der Waals surface area contributed by atoms with E-state index in [0.717, 1.165) is 16.7 Å². The van der Waals surface area contributed by atoms with Crippen molar-refractivity contribution in [1.29, 1.82) is 0 Å². The summed E-state index contributed by atoms with van der Waals surface area (Å²) in [5.41, 5.74) is 2.58. The first-order chi connectivity index (χ1) is 14.7. The van der Waals surface area contributed by atoms with Crippen molar-refractivity contribution in [2.45, 2.75) is 58.9 Å². The Labute approximate surface area is 184 Å². The van der Waals surface area contributed by atoms with Crippen molar-refractivity contribution in [2.75, 3.05) is 13.1 Å². The van der Waals surface area contributed by atoms with Gasteiger partial charge in [0.2, 0.25) is 0 Å². The molecule has 6 nitrogen and oxygen atoms in total. The van der Waals surface area contributed by atoms with E-state index in [1.807, 2.05) is 83.1 Å². The molecule has 2 aromatic carbocycles. The average molecular weight is 425 g/mol. The molecule has 1 fully saturated rings. The zero-order valence-corrected chi connectivity index (χ0v) is 19.0. The van der Waals surface area contributed by atoms with E-state index >= 15 is 0 Å². The molecule has 0 spiro atoms. The summed E-state index contributed by atoms with van der Waals surface area (Å²) in [4.78, 5) is 27.4. The molecule has 3 rings (SSSR count). The SMILES string of the molecule is Cc1ccc(C2C(C)NCCN2C(=O)OC(C)(C)C)cc1C(=O)OCc1ccccc1. The lowest BCUT2D eigenvalue weighted by Gasteiger charge is -2.41. The van der Waals surface area contributed by atoms with E-state index in [9.17, 15) is 9.59 Å². The fraction of sp³-hybridized carbons (Fsp3) is 0.440. The Kier molecular flexibility index (Phi) is 7.01. The molecule has 166 valence electrons. The summed E-state index contributed by atoms with van der Waals surface area (Å²) in [5.74, 6) is -0.372. The van der Waals surface area contributed by atoms with E-state index in [1.54, 1.807) is 4.90 Å². The van der Waals surface area contributed by atoms with Crippen LogP contribution in [0.3, 0.4) is 0 Å². The van der Waals surface area contributed by atoms with E-state index < -0.39 is 5.60 Å². The molecule has 1 saturated heterocycles. The number of carbonyl (C=O) groups excluding carboxylic acids is 2. The molecule has 6 heteroatoms. The molecule has 1 aliphatic rings. The fourth-order valence-electron chi connectivity index (χ4n) is 3.77. The number of hydrogen-bond acceptors (Lipinski definition) is 5. The maximum Gasteiger partial charge on any atom is 0.410 e. The molecule has 1 N–H and O–H groups in total. The number of aryl methyl sites for hydroxylation is 1. The summed E-state index contributed by atoms with van der Waals surface area (Å²) in [5, 5.41) is 3.42. The van der Waals surface area contributed by atoms with Gasteiger partial charge in [-0.25, -0.2) is 9.59 Å². The highest BCUT2D eigenvalue weighted by atomic mass is 16.6. The number of nitrogens with zero attached hydrogens (tertiary/aromatic N) is 1. The lowest BCUT2D eigenvalue weighted by molar-refractivity contribution is 0.00634. The fourth-order valence-corrected chi connectivity index (χ4v) is 3.77. The Balaban J connectivity index is 1.83. The van der Waals surface area contributed by atoms with Crippen LogP contribution in [-0.4, -0.2) is 41.7 Å². The summed E-state index contributed by atoms with van der Waals surface area (Å²) in [7, 11) is 0. The molecule has 0 aliphatic carbocycles. The Hall–Kier alpha value is -2.86. The first-order valence-electron chi connectivity index (χ1n) is 10.7. The largest absolute Gasteiger partial charge is 0.457 e. The predicted octanol–water partition coefficient (Wildman–Crippen LogP) is 4.62. The molecule has 1 amide bonds. The topological polar surface area (TPSA) is 67.9 Å². The van der Waals surface area contributed by atoms with Crippen LogP contribution in [0.15, 0.2) is 48.5 Å². The number of carbonyl (C=O) groups is 2. The highest BCUT2D eigenvalue weighted by Gasteiger charge is 2.36. The molecule has 1 heterocycles. The third kappa shape index (κ3) is 5.85. The van der Waals surface area contributed by atoms with E-state index in [4.69, 9.17) is 9.47 Å². The number of amides is 1. The van der Waals surface area contributed by atoms with Crippen LogP contribution in [0.5, 0.6) is 0 Å². The summed E-state index contributed by atoms with van der Waals surface area (Å²) in [6.45, 7) is 10.9. The maximum atomic E-state index is 12.9. The molecular weight excluding hydrogens is 392 g/mol. The van der Waals surface area contributed by atoms with Crippen molar-refractivity contribution in [2.24, 2.45) is 0 Å². The van der Waals surface area contributed by atoms with Gasteiger partial charge in [-0.05, 0) is 57.4 Å². The van der Waals surface area contributed by atoms with Crippen molar-refractivity contribution in [1.82, 2.24) is 10.2 Å². The molecule has 1 aliphatic heterocycles. The molecule has 2 unspecified atom stereocenters. The van der Waals surface area contributed by atoms with Crippen LogP contribution in [0.1, 0.15) is 60.8 Å². The highest BCUT2D eigenvalue weighted by Crippen LogP contribution is 2.30. The number of rotatable bonds is 4. The zero-order chi connectivity index (χ0) is 22.6. The molecule has 0 aromatic heterocycles. The summed E-state index contributed by atoms with van der Waals surface area (Å²) >= 11 is 0. The summed E-state index contributed by atoms with van der Waals surface area (Å²) in [6, 6.07) is 15.1. The number of piperazine rings is 1. The Bertz CT molecular complexity index is 921. The van der Waals surface area contributed by atoms with Crippen molar-refractivity contribution in [3.05, 3.63) is 70.8 Å². The monoisotopic (exact) mass is 424 g/mol. The first-order valence-corrected chi connectivity index (χ1v) is 10.7. The Morgan fingerprint density at radius 2 is 1.84 bits per heavy atom. The number of esters is 1. The third-order valence-electron chi connectivity index (χ3n) is 5.29. The van der Waals surface area contributed by atoms with Gasteiger partial charge in [-0.3, -0.25) is 4.90 Å². The van der Waals surface area contributed by atoms with Gasteiger partial charge in [-0.2, -0.15) is 0 Å². The van der Waals surface area contributed by atoms with Gasteiger partial charge < -0.3 is 14.8 Å². The van der Waals surface area contributed by atoms with Gasteiger partial charge in [0.25, 0.3) is 0 Å². The van der Waals surface area contributed by atoms with Crippen molar-refractivity contribution < 1.29 is 19.1 Å². The quantitative estimate of drug-likeness (QED) is 0.726. The minimum atomic E-state index is -0.574. The Morgan fingerprint density at radius 3 is 2.52 bits per heavy atom. The minimum absolute atomic E-state index is 0.0113. The smallest absolute Gasteiger partial charge is 0.410 e. The highest BCUT2D eigenvalue weighted by molar-refractivity contribution is 5.91. The van der Waals surface area contributed by atoms with Gasteiger partial charge >= 0.3 is 12.1 Å². The van der Waals surface area contributed by atoms with E-state index in [0.29, 0.717) is 18.7 Å². The normalized spacial score (nSPS) is 19.1. The second kappa shape index (κ2) is 9.52. The van der Waals surface area contributed by atoms with Crippen LogP contribution in [0.2, 0.25) is 0 Å². The maximum absolute atomic E-state index is 12.9. The third-order valence-corrected chi connectivity index (χ3v) is 5.29. The van der Waals surface area contributed by atoms with Gasteiger partial charge in [0.1, 0.15) is 12.2 Å². The number of nitrogens with one attached hydrogen (secondary N) is 1. The van der Waals surface area contributed by atoms with E-state index in [1.165, 1.54) is 0 Å². The van der Waals surface area contributed by atoms with Gasteiger partial charge in [0.15, 0.2) is 0 Å². The summed E-state index contributed by atoms with van der Waals surface area (Å²) in [6.07, 6.45) is -0.348. The zero-order valence-electron chi connectivity index (χ0n) is 19.0. The molecule has 31 heavy (non-hydrogen) atoms. The van der Waals surface area contributed by atoms with Crippen LogP contribution < -0.4 is 5.32 Å². The van der Waals surface area contributed by atoms with Crippen molar-refractivity contribution in [3.8, 4) is 0 Å². The number of ether oxygens (including phenoxy) is 2. The second-order valence-electron chi connectivity index (χ2n) is 9.00. The van der Waals surface area contributed by atoms with Gasteiger partial charge in [0, 0.05) is 19.1 Å². The summed E-state index contributed by atoms with van der Waals surface area (Å²) < 4.78 is 11.2. The molecule has 0 radical (unpaired) electrons. The molecular formula is C25H32N2O4. The van der Waals surface area contributed by atoms with Crippen LogP contribution in [0.4, 0.5) is 4.79 Å². The van der Waals surface area contributed by atoms with E-state index in [-0.39, 0.29) is 30.8 Å². The lowest BCUT2D eigenvalue weighted by Crippen LogP contribution is -2.54. The van der Waals surface area contributed by atoms with E-state index in [2.05, 4.69) is 5.32 Å².